The number of rotatable bonds is 3. The molecule has 18 heavy (non-hydrogen) atoms. The molecular formula is C16H19NO. The average molecular weight is 241 g/mol. The zero-order chi connectivity index (χ0) is 13.2. The van der Waals surface area contributed by atoms with Gasteiger partial charge in [-0.1, -0.05) is 35.4 Å². The fourth-order valence-electron chi connectivity index (χ4n) is 2.24. The van der Waals surface area contributed by atoms with Gasteiger partial charge in [-0.3, -0.25) is 4.98 Å². The summed E-state index contributed by atoms with van der Waals surface area (Å²) in [6.45, 7) is 5.94. The second-order valence-corrected chi connectivity index (χ2v) is 5.15. The van der Waals surface area contributed by atoms with E-state index < -0.39 is 5.60 Å². The van der Waals surface area contributed by atoms with Gasteiger partial charge in [0.25, 0.3) is 0 Å². The molecule has 0 aliphatic rings. The van der Waals surface area contributed by atoms with Gasteiger partial charge in [0.2, 0.25) is 0 Å². The van der Waals surface area contributed by atoms with E-state index in [9.17, 15) is 5.11 Å². The standard InChI is InChI=1S/C16H19NO/c1-12-8-13(2)10-14(9-12)16(3,18)11-15-6-4-5-7-17-15/h4-10,18H,11H2,1-3H3. The van der Waals surface area contributed by atoms with E-state index in [1.54, 1.807) is 6.20 Å². The van der Waals surface area contributed by atoms with E-state index in [2.05, 4.69) is 11.1 Å². The van der Waals surface area contributed by atoms with Gasteiger partial charge < -0.3 is 5.11 Å². The van der Waals surface area contributed by atoms with Crippen molar-refractivity contribution in [2.75, 3.05) is 0 Å². The fourth-order valence-corrected chi connectivity index (χ4v) is 2.24. The quantitative estimate of drug-likeness (QED) is 0.895. The van der Waals surface area contributed by atoms with Crippen molar-refractivity contribution in [1.82, 2.24) is 4.98 Å². The number of hydrogen-bond acceptors (Lipinski definition) is 2. The number of hydrogen-bond donors (Lipinski definition) is 1. The number of aryl methyl sites for hydroxylation is 2. The molecule has 0 fully saturated rings. The van der Waals surface area contributed by atoms with Gasteiger partial charge in [-0.25, -0.2) is 0 Å². The highest BCUT2D eigenvalue weighted by Gasteiger charge is 2.24. The second kappa shape index (κ2) is 4.91. The van der Waals surface area contributed by atoms with Crippen LogP contribution in [0.1, 0.15) is 29.3 Å². The van der Waals surface area contributed by atoms with E-state index in [0.717, 1.165) is 11.3 Å². The Morgan fingerprint density at radius 3 is 2.33 bits per heavy atom. The molecule has 1 heterocycles. The Balaban J connectivity index is 2.30. The summed E-state index contributed by atoms with van der Waals surface area (Å²) in [6, 6.07) is 12.0. The average Bonchev–Trinajstić information content (AvgIpc) is 2.28. The topological polar surface area (TPSA) is 33.1 Å². The van der Waals surface area contributed by atoms with Crippen molar-refractivity contribution in [3.05, 3.63) is 65.0 Å². The highest BCUT2D eigenvalue weighted by molar-refractivity contribution is 5.33. The molecule has 0 amide bonds. The first-order valence-electron chi connectivity index (χ1n) is 6.18. The van der Waals surface area contributed by atoms with Crippen LogP contribution in [0.25, 0.3) is 0 Å². The van der Waals surface area contributed by atoms with Crippen molar-refractivity contribution < 1.29 is 5.11 Å². The number of nitrogens with zero attached hydrogens (tertiary/aromatic N) is 1. The first-order chi connectivity index (χ1) is 8.47. The maximum absolute atomic E-state index is 10.6. The molecule has 1 atom stereocenters. The maximum atomic E-state index is 10.6. The molecule has 0 saturated heterocycles. The third-order valence-corrected chi connectivity index (χ3v) is 3.10. The van der Waals surface area contributed by atoms with E-state index >= 15 is 0 Å². The predicted octanol–water partition coefficient (Wildman–Crippen LogP) is 3.15. The van der Waals surface area contributed by atoms with E-state index in [-0.39, 0.29) is 0 Å². The molecule has 2 aromatic rings. The molecule has 1 N–H and O–H groups in total. The van der Waals surface area contributed by atoms with Crippen LogP contribution in [0.15, 0.2) is 42.6 Å². The Labute approximate surface area is 108 Å². The predicted molar refractivity (Wildman–Crippen MR) is 73.4 cm³/mol. The number of aromatic nitrogens is 1. The lowest BCUT2D eigenvalue weighted by molar-refractivity contribution is 0.0565. The zero-order valence-electron chi connectivity index (χ0n) is 11.1. The van der Waals surface area contributed by atoms with Crippen LogP contribution in [0.4, 0.5) is 0 Å². The monoisotopic (exact) mass is 241 g/mol. The SMILES string of the molecule is Cc1cc(C)cc(C(C)(O)Cc2ccccn2)c1. The molecule has 2 heteroatoms. The molecule has 1 aromatic carbocycles. The highest BCUT2D eigenvalue weighted by atomic mass is 16.3. The summed E-state index contributed by atoms with van der Waals surface area (Å²) in [5, 5.41) is 10.6. The molecule has 0 radical (unpaired) electrons. The fraction of sp³-hybridized carbons (Fsp3) is 0.312. The molecule has 0 aliphatic heterocycles. The summed E-state index contributed by atoms with van der Waals surface area (Å²) >= 11 is 0. The summed E-state index contributed by atoms with van der Waals surface area (Å²) in [5.41, 5.74) is 3.32. The van der Waals surface area contributed by atoms with Gasteiger partial charge in [-0.2, -0.15) is 0 Å². The van der Waals surface area contributed by atoms with Crippen LogP contribution < -0.4 is 0 Å². The Hall–Kier alpha value is -1.67. The van der Waals surface area contributed by atoms with Crippen LogP contribution in [0.2, 0.25) is 0 Å². The number of pyridine rings is 1. The lowest BCUT2D eigenvalue weighted by Gasteiger charge is -2.24. The van der Waals surface area contributed by atoms with Gasteiger partial charge in [-0.05, 0) is 38.5 Å². The molecule has 2 rings (SSSR count). The van der Waals surface area contributed by atoms with Crippen LogP contribution in [-0.4, -0.2) is 10.1 Å². The molecule has 0 bridgehead atoms. The minimum Gasteiger partial charge on any atom is -0.385 e. The van der Waals surface area contributed by atoms with Crippen LogP contribution in [-0.2, 0) is 12.0 Å². The van der Waals surface area contributed by atoms with Gasteiger partial charge in [0.1, 0.15) is 0 Å². The normalized spacial score (nSPS) is 14.2. The Bertz CT molecular complexity index is 512. The van der Waals surface area contributed by atoms with Crippen molar-refractivity contribution in [1.29, 1.82) is 0 Å². The maximum Gasteiger partial charge on any atom is 0.0923 e. The van der Waals surface area contributed by atoms with Crippen molar-refractivity contribution in [3.63, 3.8) is 0 Å². The summed E-state index contributed by atoms with van der Waals surface area (Å²) in [6.07, 6.45) is 2.28. The van der Waals surface area contributed by atoms with E-state index in [1.165, 1.54) is 11.1 Å². The zero-order valence-corrected chi connectivity index (χ0v) is 11.1. The van der Waals surface area contributed by atoms with Crippen LogP contribution >= 0.6 is 0 Å². The van der Waals surface area contributed by atoms with Crippen LogP contribution in [0, 0.1) is 13.8 Å². The summed E-state index contributed by atoms with van der Waals surface area (Å²) in [4.78, 5) is 4.27. The van der Waals surface area contributed by atoms with Crippen molar-refractivity contribution >= 4 is 0 Å². The summed E-state index contributed by atoms with van der Waals surface area (Å²) < 4.78 is 0. The molecule has 1 unspecified atom stereocenters. The third kappa shape index (κ3) is 2.96. The first-order valence-corrected chi connectivity index (χ1v) is 6.18. The molecule has 0 aliphatic carbocycles. The first kappa shape index (κ1) is 12.8. The Kier molecular flexibility index (Phi) is 3.48. The molecule has 1 aromatic heterocycles. The molecule has 94 valence electrons. The van der Waals surface area contributed by atoms with Crippen molar-refractivity contribution in [3.8, 4) is 0 Å². The van der Waals surface area contributed by atoms with Gasteiger partial charge in [0, 0.05) is 18.3 Å². The van der Waals surface area contributed by atoms with E-state index in [1.807, 2.05) is 51.1 Å². The lowest BCUT2D eigenvalue weighted by Crippen LogP contribution is -2.25. The molecule has 2 nitrogen and oxygen atoms in total. The van der Waals surface area contributed by atoms with Crippen LogP contribution in [0.5, 0.6) is 0 Å². The largest absolute Gasteiger partial charge is 0.385 e. The van der Waals surface area contributed by atoms with Gasteiger partial charge in [0.05, 0.1) is 5.60 Å². The third-order valence-electron chi connectivity index (χ3n) is 3.10. The van der Waals surface area contributed by atoms with E-state index in [4.69, 9.17) is 0 Å². The smallest absolute Gasteiger partial charge is 0.0923 e. The minimum atomic E-state index is -0.884. The molecular weight excluding hydrogens is 222 g/mol. The van der Waals surface area contributed by atoms with Gasteiger partial charge >= 0.3 is 0 Å². The molecule has 0 spiro atoms. The Morgan fingerprint density at radius 1 is 1.11 bits per heavy atom. The van der Waals surface area contributed by atoms with Gasteiger partial charge in [-0.15, -0.1) is 0 Å². The highest BCUT2D eigenvalue weighted by Crippen LogP contribution is 2.26. The second-order valence-electron chi connectivity index (χ2n) is 5.15. The van der Waals surface area contributed by atoms with Gasteiger partial charge in [0.15, 0.2) is 0 Å². The lowest BCUT2D eigenvalue weighted by atomic mass is 9.89. The van der Waals surface area contributed by atoms with E-state index in [0.29, 0.717) is 6.42 Å². The Morgan fingerprint density at radius 2 is 1.78 bits per heavy atom. The molecule has 0 saturated carbocycles. The van der Waals surface area contributed by atoms with Crippen molar-refractivity contribution in [2.45, 2.75) is 32.8 Å². The number of benzene rings is 1. The minimum absolute atomic E-state index is 0.525. The van der Waals surface area contributed by atoms with Crippen molar-refractivity contribution in [2.24, 2.45) is 0 Å². The van der Waals surface area contributed by atoms with Crippen LogP contribution in [0.3, 0.4) is 0 Å². The number of aliphatic hydroxyl groups is 1. The summed E-state index contributed by atoms with van der Waals surface area (Å²) in [5.74, 6) is 0. The summed E-state index contributed by atoms with van der Waals surface area (Å²) in [7, 11) is 0.